The Morgan fingerprint density at radius 1 is 1.50 bits per heavy atom. The Balaban J connectivity index is 1.75. The number of furan rings is 1. The predicted molar refractivity (Wildman–Crippen MR) is 76.4 cm³/mol. The van der Waals surface area contributed by atoms with Crippen LogP contribution >= 0.6 is 0 Å². The number of nitrogens with zero attached hydrogens (tertiary/aromatic N) is 1. The van der Waals surface area contributed by atoms with Gasteiger partial charge in [-0.1, -0.05) is 12.1 Å². The van der Waals surface area contributed by atoms with Crippen LogP contribution in [0.4, 0.5) is 0 Å². The molecule has 0 saturated carbocycles. The molecule has 0 spiro atoms. The molecule has 1 unspecified atom stereocenters. The molecule has 3 rings (SSSR count). The fraction of sp³-hybridized carbons (Fsp3) is 0.438. The molecule has 0 aliphatic carbocycles. The van der Waals surface area contributed by atoms with Crippen LogP contribution in [0.25, 0.3) is 11.0 Å². The van der Waals surface area contributed by atoms with Crippen molar-refractivity contribution in [1.82, 2.24) is 4.90 Å². The summed E-state index contributed by atoms with van der Waals surface area (Å²) in [5, 5.41) is 10.2. The van der Waals surface area contributed by atoms with Crippen molar-refractivity contribution in [3.63, 3.8) is 0 Å². The Hall–Kier alpha value is -1.81. The molecule has 1 N–H and O–H groups in total. The number of aryl methyl sites for hydroxylation is 1. The van der Waals surface area contributed by atoms with Crippen molar-refractivity contribution < 1.29 is 14.3 Å². The van der Waals surface area contributed by atoms with Gasteiger partial charge in [0, 0.05) is 36.6 Å². The molecule has 0 bridgehead atoms. The average molecular weight is 273 g/mol. The van der Waals surface area contributed by atoms with Gasteiger partial charge in [-0.3, -0.25) is 4.79 Å². The van der Waals surface area contributed by atoms with Gasteiger partial charge in [-0.05, 0) is 25.0 Å². The van der Waals surface area contributed by atoms with Gasteiger partial charge >= 0.3 is 0 Å². The van der Waals surface area contributed by atoms with Crippen LogP contribution in [0.3, 0.4) is 0 Å². The smallest absolute Gasteiger partial charge is 0.227 e. The minimum Gasteiger partial charge on any atom is -0.464 e. The molecule has 1 aromatic carbocycles. The Bertz CT molecular complexity index is 632. The second-order valence-electron chi connectivity index (χ2n) is 5.61. The highest BCUT2D eigenvalue weighted by molar-refractivity contribution is 5.88. The van der Waals surface area contributed by atoms with Gasteiger partial charge in [-0.15, -0.1) is 0 Å². The van der Waals surface area contributed by atoms with Crippen molar-refractivity contribution >= 4 is 16.9 Å². The summed E-state index contributed by atoms with van der Waals surface area (Å²) in [4.78, 5) is 14.1. The van der Waals surface area contributed by atoms with Gasteiger partial charge in [0.15, 0.2) is 0 Å². The van der Waals surface area contributed by atoms with Crippen molar-refractivity contribution in [2.24, 2.45) is 5.92 Å². The number of benzene rings is 1. The van der Waals surface area contributed by atoms with Gasteiger partial charge in [-0.2, -0.15) is 0 Å². The number of carbonyl (C=O) groups is 1. The summed E-state index contributed by atoms with van der Waals surface area (Å²) < 4.78 is 5.52. The first kappa shape index (κ1) is 13.2. The molecule has 0 radical (unpaired) electrons. The molecule has 1 saturated heterocycles. The van der Waals surface area contributed by atoms with Crippen LogP contribution in [-0.4, -0.2) is 35.6 Å². The predicted octanol–water partition coefficient (Wildman–Crippen LogP) is 2.12. The summed E-state index contributed by atoms with van der Waals surface area (Å²) in [6.07, 6.45) is 2.95. The molecule has 1 amide bonds. The van der Waals surface area contributed by atoms with E-state index in [4.69, 9.17) is 9.52 Å². The van der Waals surface area contributed by atoms with Gasteiger partial charge in [0.2, 0.25) is 5.91 Å². The summed E-state index contributed by atoms with van der Waals surface area (Å²) in [6.45, 7) is 3.60. The molecule has 2 heterocycles. The largest absolute Gasteiger partial charge is 0.464 e. The molecule has 1 aliphatic rings. The van der Waals surface area contributed by atoms with E-state index in [-0.39, 0.29) is 18.4 Å². The molecular weight excluding hydrogens is 254 g/mol. The standard InChI is InChI=1S/C16H19NO3/c1-11-2-3-14-13(10-20-15(14)6-11)7-16(19)17-5-4-12(8-17)9-18/h2-3,6,10,12,18H,4-5,7-9H2,1H3. The second-order valence-corrected chi connectivity index (χ2v) is 5.61. The molecule has 20 heavy (non-hydrogen) atoms. The number of aliphatic hydroxyl groups is 1. The Morgan fingerprint density at radius 2 is 2.35 bits per heavy atom. The number of likely N-dealkylation sites (tertiary alicyclic amines) is 1. The number of hydrogen-bond acceptors (Lipinski definition) is 3. The number of rotatable bonds is 3. The molecule has 1 aliphatic heterocycles. The maximum atomic E-state index is 12.3. The third-order valence-corrected chi connectivity index (χ3v) is 4.05. The molecule has 106 valence electrons. The Labute approximate surface area is 118 Å². The van der Waals surface area contributed by atoms with Crippen molar-refractivity contribution in [3.8, 4) is 0 Å². The zero-order chi connectivity index (χ0) is 14.1. The first-order valence-electron chi connectivity index (χ1n) is 7.02. The number of fused-ring (bicyclic) bond motifs is 1. The van der Waals surface area contributed by atoms with E-state index in [1.165, 1.54) is 0 Å². The lowest BCUT2D eigenvalue weighted by Crippen LogP contribution is -2.30. The van der Waals surface area contributed by atoms with Crippen LogP contribution in [0.5, 0.6) is 0 Å². The van der Waals surface area contributed by atoms with E-state index in [1.807, 2.05) is 30.0 Å². The van der Waals surface area contributed by atoms with Gasteiger partial charge in [0.1, 0.15) is 5.58 Å². The van der Waals surface area contributed by atoms with E-state index in [2.05, 4.69) is 0 Å². The van der Waals surface area contributed by atoms with E-state index in [0.29, 0.717) is 13.0 Å². The summed E-state index contributed by atoms with van der Waals surface area (Å²) in [6, 6.07) is 6.03. The fourth-order valence-corrected chi connectivity index (χ4v) is 2.81. The van der Waals surface area contributed by atoms with E-state index in [0.717, 1.165) is 35.1 Å². The Morgan fingerprint density at radius 3 is 3.10 bits per heavy atom. The normalized spacial score (nSPS) is 18.9. The van der Waals surface area contributed by atoms with Crippen LogP contribution < -0.4 is 0 Å². The molecule has 1 atom stereocenters. The number of amides is 1. The maximum Gasteiger partial charge on any atom is 0.227 e. The summed E-state index contributed by atoms with van der Waals surface area (Å²) >= 11 is 0. The van der Waals surface area contributed by atoms with E-state index in [1.54, 1.807) is 6.26 Å². The third kappa shape index (κ3) is 2.43. The summed E-state index contributed by atoms with van der Waals surface area (Å²) in [5.41, 5.74) is 2.93. The molecule has 4 heteroatoms. The monoisotopic (exact) mass is 273 g/mol. The molecule has 1 fully saturated rings. The van der Waals surface area contributed by atoms with Crippen molar-refractivity contribution in [2.45, 2.75) is 19.8 Å². The van der Waals surface area contributed by atoms with E-state index in [9.17, 15) is 4.79 Å². The summed E-state index contributed by atoms with van der Waals surface area (Å²) in [5.74, 6) is 0.354. The lowest BCUT2D eigenvalue weighted by Gasteiger charge is -2.15. The summed E-state index contributed by atoms with van der Waals surface area (Å²) in [7, 11) is 0. The van der Waals surface area contributed by atoms with Crippen molar-refractivity contribution in [3.05, 3.63) is 35.6 Å². The number of carbonyl (C=O) groups excluding carboxylic acids is 1. The second kappa shape index (κ2) is 5.29. The first-order chi connectivity index (χ1) is 9.67. The van der Waals surface area contributed by atoms with Crippen LogP contribution in [-0.2, 0) is 11.2 Å². The fourth-order valence-electron chi connectivity index (χ4n) is 2.81. The maximum absolute atomic E-state index is 12.3. The highest BCUT2D eigenvalue weighted by Crippen LogP contribution is 2.24. The molecule has 2 aromatic rings. The average Bonchev–Trinajstić information content (AvgIpc) is 3.05. The zero-order valence-corrected chi connectivity index (χ0v) is 11.6. The minimum absolute atomic E-state index is 0.115. The lowest BCUT2D eigenvalue weighted by molar-refractivity contribution is -0.129. The first-order valence-corrected chi connectivity index (χ1v) is 7.02. The highest BCUT2D eigenvalue weighted by atomic mass is 16.3. The molecule has 1 aromatic heterocycles. The quantitative estimate of drug-likeness (QED) is 0.932. The number of hydrogen-bond donors (Lipinski definition) is 1. The van der Waals surface area contributed by atoms with Crippen molar-refractivity contribution in [1.29, 1.82) is 0 Å². The van der Waals surface area contributed by atoms with Crippen molar-refractivity contribution in [2.75, 3.05) is 19.7 Å². The highest BCUT2D eigenvalue weighted by Gasteiger charge is 2.26. The van der Waals surface area contributed by atoms with E-state index < -0.39 is 0 Å². The van der Waals surface area contributed by atoms with Gasteiger partial charge in [0.05, 0.1) is 12.7 Å². The molecular formula is C16H19NO3. The van der Waals surface area contributed by atoms with Gasteiger partial charge < -0.3 is 14.4 Å². The van der Waals surface area contributed by atoms with Crippen LogP contribution in [0, 0.1) is 12.8 Å². The molecule has 4 nitrogen and oxygen atoms in total. The zero-order valence-electron chi connectivity index (χ0n) is 11.6. The Kier molecular flexibility index (Phi) is 3.49. The van der Waals surface area contributed by atoms with Gasteiger partial charge in [-0.25, -0.2) is 0 Å². The van der Waals surface area contributed by atoms with Crippen LogP contribution in [0.1, 0.15) is 17.5 Å². The number of aliphatic hydroxyl groups excluding tert-OH is 1. The van der Waals surface area contributed by atoms with Crippen LogP contribution in [0.15, 0.2) is 28.9 Å². The lowest BCUT2D eigenvalue weighted by atomic mass is 10.1. The van der Waals surface area contributed by atoms with Gasteiger partial charge in [0.25, 0.3) is 0 Å². The van der Waals surface area contributed by atoms with Crippen LogP contribution in [0.2, 0.25) is 0 Å². The third-order valence-electron chi connectivity index (χ3n) is 4.05. The van der Waals surface area contributed by atoms with E-state index >= 15 is 0 Å². The minimum atomic E-state index is 0.115. The SMILES string of the molecule is Cc1ccc2c(CC(=O)N3CCC(CO)C3)coc2c1. The topological polar surface area (TPSA) is 53.7 Å².